The molecule has 0 heterocycles. The monoisotopic (exact) mass is 180 g/mol. The Labute approximate surface area is 78.8 Å². The summed E-state index contributed by atoms with van der Waals surface area (Å²) in [4.78, 5) is 2.06. The molecule has 0 radical (unpaired) electrons. The van der Waals surface area contributed by atoms with Crippen LogP contribution in [-0.4, -0.2) is 30.6 Å². The average Bonchev–Trinajstić information content (AvgIpc) is 2.09. The second-order valence-electron chi connectivity index (χ2n) is 3.31. The smallest absolute Gasteiger partial charge is 0.115 e. The summed E-state index contributed by atoms with van der Waals surface area (Å²) < 4.78 is 0. The fourth-order valence-electron chi connectivity index (χ4n) is 1.34. The molecule has 0 aliphatic carbocycles. The highest BCUT2D eigenvalue weighted by molar-refractivity contribution is 5.28. The standard InChI is InChI=1S/C10H16N2O/c1-12(2)10(7-11)8-3-5-9(13)6-4-8/h3-6,10,13H,7,11H2,1-2H3. The van der Waals surface area contributed by atoms with E-state index in [1.165, 1.54) is 0 Å². The molecule has 13 heavy (non-hydrogen) atoms. The summed E-state index contributed by atoms with van der Waals surface area (Å²) >= 11 is 0. The molecule has 3 heteroatoms. The minimum Gasteiger partial charge on any atom is -0.508 e. The summed E-state index contributed by atoms with van der Waals surface area (Å²) in [7, 11) is 3.98. The molecule has 0 spiro atoms. The van der Waals surface area contributed by atoms with E-state index in [2.05, 4.69) is 4.90 Å². The first kappa shape index (κ1) is 10.0. The van der Waals surface area contributed by atoms with Crippen molar-refractivity contribution in [3.8, 4) is 5.75 Å². The Kier molecular flexibility index (Phi) is 3.28. The minimum atomic E-state index is 0.223. The molecule has 1 unspecified atom stereocenters. The molecular formula is C10H16N2O. The van der Waals surface area contributed by atoms with E-state index in [1.807, 2.05) is 26.2 Å². The summed E-state index contributed by atoms with van der Waals surface area (Å²) in [5.41, 5.74) is 6.77. The quantitative estimate of drug-likeness (QED) is 0.728. The number of nitrogens with two attached hydrogens (primary N) is 1. The first-order valence-electron chi connectivity index (χ1n) is 4.30. The highest BCUT2D eigenvalue weighted by atomic mass is 16.3. The Hall–Kier alpha value is -1.06. The summed E-state index contributed by atoms with van der Waals surface area (Å²) in [6, 6.07) is 7.38. The first-order chi connectivity index (χ1) is 6.15. The number of likely N-dealkylation sites (N-methyl/N-ethyl adjacent to an activating group) is 1. The number of hydrogen-bond donors (Lipinski definition) is 2. The highest BCUT2D eigenvalue weighted by Crippen LogP contribution is 2.19. The molecule has 1 aromatic carbocycles. The van der Waals surface area contributed by atoms with Crippen LogP contribution < -0.4 is 5.73 Å². The molecule has 0 aromatic heterocycles. The maximum absolute atomic E-state index is 9.10. The van der Waals surface area contributed by atoms with E-state index in [9.17, 15) is 0 Å². The fourth-order valence-corrected chi connectivity index (χ4v) is 1.34. The molecular weight excluding hydrogens is 164 g/mol. The van der Waals surface area contributed by atoms with Crippen LogP contribution in [0.1, 0.15) is 11.6 Å². The van der Waals surface area contributed by atoms with Crippen molar-refractivity contribution in [2.75, 3.05) is 20.6 Å². The number of rotatable bonds is 3. The zero-order valence-electron chi connectivity index (χ0n) is 8.07. The molecule has 0 saturated heterocycles. The lowest BCUT2D eigenvalue weighted by molar-refractivity contribution is 0.306. The van der Waals surface area contributed by atoms with Gasteiger partial charge in [-0.1, -0.05) is 12.1 Å². The van der Waals surface area contributed by atoms with Gasteiger partial charge in [0.15, 0.2) is 0 Å². The van der Waals surface area contributed by atoms with Crippen LogP contribution in [0.25, 0.3) is 0 Å². The van der Waals surface area contributed by atoms with Gasteiger partial charge in [-0.3, -0.25) is 0 Å². The van der Waals surface area contributed by atoms with Crippen LogP contribution in [0.5, 0.6) is 5.75 Å². The van der Waals surface area contributed by atoms with E-state index in [4.69, 9.17) is 10.8 Å². The number of nitrogens with zero attached hydrogens (tertiary/aromatic N) is 1. The maximum atomic E-state index is 9.10. The number of hydrogen-bond acceptors (Lipinski definition) is 3. The van der Waals surface area contributed by atoms with Crippen molar-refractivity contribution in [2.24, 2.45) is 5.73 Å². The Bertz CT molecular complexity index is 256. The summed E-state index contributed by atoms with van der Waals surface area (Å²) in [6.45, 7) is 0.581. The number of phenolic OH excluding ortho intramolecular Hbond substituents is 1. The number of aromatic hydroxyl groups is 1. The van der Waals surface area contributed by atoms with Crippen LogP contribution >= 0.6 is 0 Å². The number of benzene rings is 1. The van der Waals surface area contributed by atoms with E-state index in [-0.39, 0.29) is 6.04 Å². The van der Waals surface area contributed by atoms with Gasteiger partial charge in [-0.2, -0.15) is 0 Å². The largest absolute Gasteiger partial charge is 0.508 e. The molecule has 3 N–H and O–H groups in total. The third-order valence-electron chi connectivity index (χ3n) is 2.12. The highest BCUT2D eigenvalue weighted by Gasteiger charge is 2.10. The molecule has 0 aliphatic heterocycles. The van der Waals surface area contributed by atoms with Gasteiger partial charge in [0, 0.05) is 12.6 Å². The Morgan fingerprint density at radius 2 is 1.85 bits per heavy atom. The Balaban J connectivity index is 2.86. The van der Waals surface area contributed by atoms with E-state index in [0.29, 0.717) is 12.3 Å². The van der Waals surface area contributed by atoms with Crippen LogP contribution in [0.15, 0.2) is 24.3 Å². The van der Waals surface area contributed by atoms with E-state index in [1.54, 1.807) is 12.1 Å². The van der Waals surface area contributed by atoms with Crippen molar-refractivity contribution in [3.05, 3.63) is 29.8 Å². The second kappa shape index (κ2) is 4.25. The third-order valence-corrected chi connectivity index (χ3v) is 2.12. The Morgan fingerprint density at radius 3 is 2.23 bits per heavy atom. The van der Waals surface area contributed by atoms with Crippen LogP contribution in [-0.2, 0) is 0 Å². The van der Waals surface area contributed by atoms with Gasteiger partial charge >= 0.3 is 0 Å². The molecule has 1 aromatic rings. The summed E-state index contributed by atoms with van der Waals surface area (Å²) in [5.74, 6) is 0.290. The molecule has 1 rings (SSSR count). The molecule has 0 bridgehead atoms. The van der Waals surface area contributed by atoms with Gasteiger partial charge in [0.2, 0.25) is 0 Å². The maximum Gasteiger partial charge on any atom is 0.115 e. The lowest BCUT2D eigenvalue weighted by Gasteiger charge is -2.22. The van der Waals surface area contributed by atoms with E-state index >= 15 is 0 Å². The predicted octanol–water partition coefficient (Wildman–Crippen LogP) is 0.954. The fraction of sp³-hybridized carbons (Fsp3) is 0.400. The SMILES string of the molecule is CN(C)C(CN)c1ccc(O)cc1. The van der Waals surface area contributed by atoms with Gasteiger partial charge in [-0.05, 0) is 31.8 Å². The van der Waals surface area contributed by atoms with Crippen molar-refractivity contribution in [1.82, 2.24) is 4.90 Å². The van der Waals surface area contributed by atoms with Crippen molar-refractivity contribution in [3.63, 3.8) is 0 Å². The zero-order chi connectivity index (χ0) is 9.84. The Morgan fingerprint density at radius 1 is 1.31 bits per heavy atom. The van der Waals surface area contributed by atoms with Gasteiger partial charge in [0.25, 0.3) is 0 Å². The van der Waals surface area contributed by atoms with Crippen LogP contribution in [0.3, 0.4) is 0 Å². The minimum absolute atomic E-state index is 0.223. The van der Waals surface area contributed by atoms with Crippen LogP contribution in [0, 0.1) is 0 Å². The van der Waals surface area contributed by atoms with Gasteiger partial charge in [-0.25, -0.2) is 0 Å². The molecule has 0 amide bonds. The summed E-state index contributed by atoms with van der Waals surface area (Å²) in [5, 5.41) is 9.10. The molecule has 3 nitrogen and oxygen atoms in total. The molecule has 0 saturated carbocycles. The van der Waals surface area contributed by atoms with Crippen molar-refractivity contribution in [1.29, 1.82) is 0 Å². The van der Waals surface area contributed by atoms with E-state index < -0.39 is 0 Å². The lowest BCUT2D eigenvalue weighted by Crippen LogP contribution is -2.26. The van der Waals surface area contributed by atoms with E-state index in [0.717, 1.165) is 5.56 Å². The zero-order valence-corrected chi connectivity index (χ0v) is 8.07. The van der Waals surface area contributed by atoms with Crippen molar-refractivity contribution in [2.45, 2.75) is 6.04 Å². The van der Waals surface area contributed by atoms with Gasteiger partial charge < -0.3 is 15.7 Å². The second-order valence-corrected chi connectivity index (χ2v) is 3.31. The van der Waals surface area contributed by atoms with Gasteiger partial charge in [0.1, 0.15) is 5.75 Å². The van der Waals surface area contributed by atoms with Gasteiger partial charge in [0.05, 0.1) is 0 Å². The number of phenols is 1. The molecule has 72 valence electrons. The lowest BCUT2D eigenvalue weighted by atomic mass is 10.1. The van der Waals surface area contributed by atoms with Crippen molar-refractivity contribution < 1.29 is 5.11 Å². The normalized spacial score (nSPS) is 13.2. The molecule has 1 atom stereocenters. The predicted molar refractivity (Wildman–Crippen MR) is 53.6 cm³/mol. The van der Waals surface area contributed by atoms with Crippen LogP contribution in [0.4, 0.5) is 0 Å². The van der Waals surface area contributed by atoms with Gasteiger partial charge in [-0.15, -0.1) is 0 Å². The average molecular weight is 180 g/mol. The molecule has 0 fully saturated rings. The van der Waals surface area contributed by atoms with Crippen molar-refractivity contribution >= 4 is 0 Å². The van der Waals surface area contributed by atoms with Crippen LogP contribution in [0.2, 0.25) is 0 Å². The third kappa shape index (κ3) is 2.44. The molecule has 0 aliphatic rings. The summed E-state index contributed by atoms with van der Waals surface area (Å²) in [6.07, 6.45) is 0. The topological polar surface area (TPSA) is 49.5 Å². The first-order valence-corrected chi connectivity index (χ1v) is 4.30.